The van der Waals surface area contributed by atoms with Gasteiger partial charge in [-0.3, -0.25) is 4.99 Å². The molecule has 0 aliphatic carbocycles. The molecule has 0 saturated carbocycles. The van der Waals surface area contributed by atoms with Crippen molar-refractivity contribution in [2.45, 2.75) is 26.9 Å². The number of aryl methyl sites for hydroxylation is 2. The molecule has 0 fully saturated rings. The number of hydrogen-bond donors (Lipinski definition) is 2. The van der Waals surface area contributed by atoms with Gasteiger partial charge in [-0.25, -0.2) is 4.39 Å². The lowest BCUT2D eigenvalue weighted by molar-refractivity contribution is 0.500. The number of furan rings is 1. The molecule has 0 aliphatic heterocycles. The number of benzene rings is 1. The Labute approximate surface area is 147 Å². The maximum absolute atomic E-state index is 13.5. The first-order chi connectivity index (χ1) is 10.1. The van der Waals surface area contributed by atoms with Crippen LogP contribution in [0.1, 0.15) is 22.6 Å². The molecule has 0 radical (unpaired) electrons. The van der Waals surface area contributed by atoms with Crippen LogP contribution in [-0.2, 0) is 13.1 Å². The second-order valence-corrected chi connectivity index (χ2v) is 4.81. The van der Waals surface area contributed by atoms with Crippen LogP contribution in [0.5, 0.6) is 0 Å². The molecule has 0 atom stereocenters. The molecule has 0 unspecified atom stereocenters. The average Bonchev–Trinajstić information content (AvgIpc) is 2.79. The number of hydrogen-bond acceptors (Lipinski definition) is 2. The Hall–Kier alpha value is -1.57. The van der Waals surface area contributed by atoms with Crippen LogP contribution in [0, 0.1) is 19.7 Å². The Morgan fingerprint density at radius 3 is 2.32 bits per heavy atom. The van der Waals surface area contributed by atoms with E-state index in [0.717, 1.165) is 17.1 Å². The molecule has 22 heavy (non-hydrogen) atoms. The quantitative estimate of drug-likeness (QED) is 0.455. The van der Waals surface area contributed by atoms with Gasteiger partial charge in [-0.1, -0.05) is 18.2 Å². The Kier molecular flexibility index (Phi) is 7.37. The third-order valence-corrected chi connectivity index (χ3v) is 3.22. The molecule has 0 amide bonds. The van der Waals surface area contributed by atoms with Crippen LogP contribution < -0.4 is 10.6 Å². The fourth-order valence-electron chi connectivity index (χ4n) is 2.08. The summed E-state index contributed by atoms with van der Waals surface area (Å²) in [4.78, 5) is 4.13. The topological polar surface area (TPSA) is 49.6 Å². The molecule has 2 N–H and O–H groups in total. The van der Waals surface area contributed by atoms with Gasteiger partial charge in [0.1, 0.15) is 17.3 Å². The maximum atomic E-state index is 13.5. The molecule has 1 aromatic heterocycles. The first-order valence-corrected chi connectivity index (χ1v) is 6.84. The van der Waals surface area contributed by atoms with E-state index in [4.69, 9.17) is 4.42 Å². The van der Waals surface area contributed by atoms with Crippen molar-refractivity contribution in [3.63, 3.8) is 0 Å². The summed E-state index contributed by atoms with van der Waals surface area (Å²) in [6, 6.07) is 8.68. The minimum Gasteiger partial charge on any atom is -0.466 e. The summed E-state index contributed by atoms with van der Waals surface area (Å²) in [5, 5.41) is 6.28. The number of nitrogens with one attached hydrogen (secondary N) is 2. The van der Waals surface area contributed by atoms with E-state index in [9.17, 15) is 4.39 Å². The van der Waals surface area contributed by atoms with Crippen molar-refractivity contribution in [1.29, 1.82) is 0 Å². The van der Waals surface area contributed by atoms with Crippen LogP contribution >= 0.6 is 24.0 Å². The third-order valence-electron chi connectivity index (χ3n) is 3.22. The molecule has 1 aromatic carbocycles. The molecule has 120 valence electrons. The highest BCUT2D eigenvalue weighted by atomic mass is 127. The lowest BCUT2D eigenvalue weighted by Crippen LogP contribution is -2.36. The second-order valence-electron chi connectivity index (χ2n) is 4.81. The standard InChI is InChI=1S/C16H20FN3O.HI/c1-11-8-14(12(2)21-11)10-20-16(18-3)19-9-13-6-4-5-7-15(13)17;/h4-8H,9-10H2,1-3H3,(H2,18,19,20);1H. The van der Waals surface area contributed by atoms with Gasteiger partial charge in [-0.2, -0.15) is 0 Å². The first kappa shape index (κ1) is 18.5. The molecule has 0 saturated heterocycles. The highest BCUT2D eigenvalue weighted by Crippen LogP contribution is 2.13. The Morgan fingerprint density at radius 2 is 1.77 bits per heavy atom. The fraction of sp³-hybridized carbons (Fsp3) is 0.312. The molecule has 1 heterocycles. The summed E-state index contributed by atoms with van der Waals surface area (Å²) in [5.41, 5.74) is 1.69. The van der Waals surface area contributed by atoms with Gasteiger partial charge in [0.2, 0.25) is 0 Å². The van der Waals surface area contributed by atoms with Crippen molar-refractivity contribution >= 4 is 29.9 Å². The van der Waals surface area contributed by atoms with Crippen LogP contribution in [0.3, 0.4) is 0 Å². The number of nitrogens with zero attached hydrogens (tertiary/aromatic N) is 1. The van der Waals surface area contributed by atoms with Crippen LogP contribution in [0.2, 0.25) is 0 Å². The molecule has 2 rings (SSSR count). The van der Waals surface area contributed by atoms with Crippen molar-refractivity contribution in [2.24, 2.45) is 4.99 Å². The largest absolute Gasteiger partial charge is 0.466 e. The Bertz CT molecular complexity index is 640. The normalized spacial score (nSPS) is 11.0. The molecule has 0 aliphatic rings. The van der Waals surface area contributed by atoms with Gasteiger partial charge in [-0.15, -0.1) is 24.0 Å². The van der Waals surface area contributed by atoms with E-state index in [-0.39, 0.29) is 29.8 Å². The summed E-state index contributed by atoms with van der Waals surface area (Å²) in [6.07, 6.45) is 0. The van der Waals surface area contributed by atoms with Gasteiger partial charge < -0.3 is 15.1 Å². The van der Waals surface area contributed by atoms with E-state index in [0.29, 0.717) is 24.6 Å². The van der Waals surface area contributed by atoms with Crippen molar-refractivity contribution in [3.8, 4) is 0 Å². The minimum atomic E-state index is -0.221. The van der Waals surface area contributed by atoms with Crippen molar-refractivity contribution in [2.75, 3.05) is 7.05 Å². The SMILES string of the molecule is CN=C(NCc1ccccc1F)NCc1cc(C)oc1C.I. The first-order valence-electron chi connectivity index (χ1n) is 6.84. The lowest BCUT2D eigenvalue weighted by Gasteiger charge is -2.12. The fourth-order valence-corrected chi connectivity index (χ4v) is 2.08. The monoisotopic (exact) mass is 417 g/mol. The highest BCUT2D eigenvalue weighted by Gasteiger charge is 2.06. The maximum Gasteiger partial charge on any atom is 0.191 e. The predicted molar refractivity (Wildman–Crippen MR) is 97.0 cm³/mol. The van der Waals surface area contributed by atoms with E-state index in [1.165, 1.54) is 6.07 Å². The van der Waals surface area contributed by atoms with Crippen LogP contribution in [-0.4, -0.2) is 13.0 Å². The molecular formula is C16H21FIN3O. The molecular weight excluding hydrogens is 396 g/mol. The highest BCUT2D eigenvalue weighted by molar-refractivity contribution is 14.0. The number of rotatable bonds is 4. The predicted octanol–water partition coefficient (Wildman–Crippen LogP) is 3.52. The number of guanidine groups is 1. The minimum absolute atomic E-state index is 0. The summed E-state index contributed by atoms with van der Waals surface area (Å²) >= 11 is 0. The van der Waals surface area contributed by atoms with E-state index in [1.807, 2.05) is 26.0 Å². The summed E-state index contributed by atoms with van der Waals surface area (Å²) < 4.78 is 19.0. The molecule has 0 spiro atoms. The van der Waals surface area contributed by atoms with Gasteiger partial charge in [0, 0.05) is 31.3 Å². The van der Waals surface area contributed by atoms with E-state index in [1.54, 1.807) is 19.2 Å². The van der Waals surface area contributed by atoms with Gasteiger partial charge in [0.05, 0.1) is 0 Å². The van der Waals surface area contributed by atoms with Crippen molar-refractivity contribution < 1.29 is 8.81 Å². The Balaban J connectivity index is 0.00000242. The zero-order valence-corrected chi connectivity index (χ0v) is 15.3. The summed E-state index contributed by atoms with van der Waals surface area (Å²) in [6.45, 7) is 4.84. The third kappa shape index (κ3) is 5.01. The van der Waals surface area contributed by atoms with Crippen molar-refractivity contribution in [1.82, 2.24) is 10.6 Å². The van der Waals surface area contributed by atoms with Crippen molar-refractivity contribution in [3.05, 3.63) is 58.8 Å². The van der Waals surface area contributed by atoms with Crippen LogP contribution in [0.15, 0.2) is 39.7 Å². The van der Waals surface area contributed by atoms with Crippen LogP contribution in [0.25, 0.3) is 0 Å². The van der Waals surface area contributed by atoms with E-state index in [2.05, 4.69) is 15.6 Å². The number of halogens is 2. The Morgan fingerprint density at radius 1 is 1.14 bits per heavy atom. The van der Waals surface area contributed by atoms with Crippen LogP contribution in [0.4, 0.5) is 4.39 Å². The van der Waals surface area contributed by atoms with Gasteiger partial charge in [0.25, 0.3) is 0 Å². The smallest absolute Gasteiger partial charge is 0.191 e. The lowest BCUT2D eigenvalue weighted by atomic mass is 10.2. The van der Waals surface area contributed by atoms with Gasteiger partial charge in [0.15, 0.2) is 5.96 Å². The number of aliphatic imine (C=N–C) groups is 1. The zero-order valence-electron chi connectivity index (χ0n) is 12.9. The molecule has 6 heteroatoms. The van der Waals surface area contributed by atoms with Gasteiger partial charge in [-0.05, 0) is 26.0 Å². The zero-order chi connectivity index (χ0) is 15.2. The summed E-state index contributed by atoms with van der Waals surface area (Å²) in [7, 11) is 1.68. The second kappa shape index (κ2) is 8.77. The van der Waals surface area contributed by atoms with E-state index < -0.39 is 0 Å². The van der Waals surface area contributed by atoms with E-state index >= 15 is 0 Å². The average molecular weight is 417 g/mol. The molecule has 4 nitrogen and oxygen atoms in total. The molecule has 0 bridgehead atoms. The van der Waals surface area contributed by atoms with Gasteiger partial charge >= 0.3 is 0 Å². The summed E-state index contributed by atoms with van der Waals surface area (Å²) in [5.74, 6) is 2.18. The molecule has 2 aromatic rings.